The summed E-state index contributed by atoms with van der Waals surface area (Å²) >= 11 is 0. The first kappa shape index (κ1) is 48.2. The molecular formula is C48H86O4. The highest BCUT2D eigenvalue weighted by molar-refractivity contribution is 5.95. The van der Waals surface area contributed by atoms with Crippen LogP contribution < -0.4 is 0 Å². The lowest BCUT2D eigenvalue weighted by atomic mass is 9.88. The molecule has 1 rings (SSSR count). The standard InChI is InChI=1S/C48H86O4/c1-41(2)35-31-27-23-19-15-11-7-5-9-13-17-21-25-29-33-37-43-44(46(48(51)52)40-39-45(43)47(49)50)38-34-30-26-22-18-14-10-6-8-12-16-20-24-28-32-36-42(3)4/h39-42H,5-38H2,1-4H3,(H,49,50)(H,51,52). The summed E-state index contributed by atoms with van der Waals surface area (Å²) in [6.07, 6.45) is 43.2. The van der Waals surface area contributed by atoms with Crippen LogP contribution in [0.5, 0.6) is 0 Å². The molecule has 1 aromatic rings. The minimum absolute atomic E-state index is 0.299. The van der Waals surface area contributed by atoms with Gasteiger partial charge in [-0.2, -0.15) is 0 Å². The number of unbranched alkanes of at least 4 members (excludes halogenated alkanes) is 28. The molecule has 0 bridgehead atoms. The third kappa shape index (κ3) is 26.9. The largest absolute Gasteiger partial charge is 0.478 e. The molecule has 0 atom stereocenters. The lowest BCUT2D eigenvalue weighted by Gasteiger charge is -2.16. The number of carbonyl (C=O) groups is 2. The number of hydrogen-bond acceptors (Lipinski definition) is 2. The fourth-order valence-corrected chi connectivity index (χ4v) is 7.97. The average Bonchev–Trinajstić information content (AvgIpc) is 3.10. The number of carboxylic acid groups (broad SMARTS) is 2. The summed E-state index contributed by atoms with van der Waals surface area (Å²) in [6.45, 7) is 9.28. The first-order chi connectivity index (χ1) is 25.2. The van der Waals surface area contributed by atoms with Gasteiger partial charge in [-0.05, 0) is 60.8 Å². The van der Waals surface area contributed by atoms with E-state index in [-0.39, 0.29) is 0 Å². The lowest BCUT2D eigenvalue weighted by molar-refractivity contribution is 0.0679. The van der Waals surface area contributed by atoms with Crippen LogP contribution in [-0.4, -0.2) is 22.2 Å². The van der Waals surface area contributed by atoms with Crippen molar-refractivity contribution in [3.8, 4) is 0 Å². The van der Waals surface area contributed by atoms with Crippen molar-refractivity contribution in [2.45, 2.75) is 246 Å². The molecule has 52 heavy (non-hydrogen) atoms. The average molecular weight is 727 g/mol. The Bertz CT molecular complexity index is 917. The summed E-state index contributed by atoms with van der Waals surface area (Å²) < 4.78 is 0. The third-order valence-corrected chi connectivity index (χ3v) is 11.3. The van der Waals surface area contributed by atoms with Gasteiger partial charge in [-0.25, -0.2) is 9.59 Å². The van der Waals surface area contributed by atoms with Crippen molar-refractivity contribution in [2.24, 2.45) is 11.8 Å². The lowest BCUT2D eigenvalue weighted by Crippen LogP contribution is -2.12. The first-order valence-corrected chi connectivity index (χ1v) is 22.8. The Morgan fingerprint density at radius 3 is 0.750 bits per heavy atom. The quantitative estimate of drug-likeness (QED) is 0.0665. The van der Waals surface area contributed by atoms with Crippen LogP contribution in [0.15, 0.2) is 12.1 Å². The maximum atomic E-state index is 12.1. The van der Waals surface area contributed by atoms with E-state index in [0.29, 0.717) is 24.0 Å². The summed E-state index contributed by atoms with van der Waals surface area (Å²) in [6, 6.07) is 3.04. The van der Waals surface area contributed by atoms with Gasteiger partial charge >= 0.3 is 11.9 Å². The molecule has 302 valence electrons. The summed E-state index contributed by atoms with van der Waals surface area (Å²) in [4.78, 5) is 24.3. The van der Waals surface area contributed by atoms with Gasteiger partial charge in [0.25, 0.3) is 0 Å². The van der Waals surface area contributed by atoms with Crippen molar-refractivity contribution in [2.75, 3.05) is 0 Å². The van der Waals surface area contributed by atoms with E-state index in [1.807, 2.05) is 0 Å². The van der Waals surface area contributed by atoms with Gasteiger partial charge in [-0.3, -0.25) is 0 Å². The summed E-state index contributed by atoms with van der Waals surface area (Å²) in [5, 5.41) is 19.9. The van der Waals surface area contributed by atoms with Gasteiger partial charge in [0.05, 0.1) is 11.1 Å². The predicted octanol–water partition coefficient (Wildman–Crippen LogP) is 16.0. The molecule has 0 spiro atoms. The molecule has 0 aliphatic carbocycles. The van der Waals surface area contributed by atoms with Gasteiger partial charge in [-0.15, -0.1) is 0 Å². The monoisotopic (exact) mass is 727 g/mol. The number of rotatable bonds is 38. The van der Waals surface area contributed by atoms with Gasteiger partial charge in [0.1, 0.15) is 0 Å². The second kappa shape index (κ2) is 33.7. The third-order valence-electron chi connectivity index (χ3n) is 11.3. The molecule has 4 nitrogen and oxygen atoms in total. The molecule has 0 aliphatic rings. The van der Waals surface area contributed by atoms with Crippen molar-refractivity contribution in [1.29, 1.82) is 0 Å². The SMILES string of the molecule is CC(C)CCCCCCCCCCCCCCCCCc1c(C(=O)O)ccc(C(=O)O)c1CCCCCCCCCCCCCCCCCC(C)C. The maximum absolute atomic E-state index is 12.1. The van der Waals surface area contributed by atoms with E-state index < -0.39 is 11.9 Å². The first-order valence-electron chi connectivity index (χ1n) is 22.8. The van der Waals surface area contributed by atoms with E-state index >= 15 is 0 Å². The van der Waals surface area contributed by atoms with Crippen LogP contribution in [0.4, 0.5) is 0 Å². The van der Waals surface area contributed by atoms with Crippen LogP contribution in [0.1, 0.15) is 265 Å². The molecular weight excluding hydrogens is 641 g/mol. The fraction of sp³-hybridized carbons (Fsp3) is 0.833. The molecule has 1 aromatic carbocycles. The van der Waals surface area contributed by atoms with Crippen molar-refractivity contribution in [1.82, 2.24) is 0 Å². The van der Waals surface area contributed by atoms with E-state index in [1.165, 1.54) is 192 Å². The number of carboxylic acids is 2. The summed E-state index contributed by atoms with van der Waals surface area (Å²) in [5.41, 5.74) is 2.14. The minimum atomic E-state index is -0.938. The Labute approximate surface area is 323 Å². The molecule has 0 heterocycles. The van der Waals surface area contributed by atoms with Gasteiger partial charge in [0, 0.05) is 0 Å². The zero-order chi connectivity index (χ0) is 38.1. The molecule has 2 N–H and O–H groups in total. The van der Waals surface area contributed by atoms with E-state index in [9.17, 15) is 19.8 Å². The Balaban J connectivity index is 2.22. The topological polar surface area (TPSA) is 74.6 Å². The second-order valence-corrected chi connectivity index (χ2v) is 17.2. The van der Waals surface area contributed by atoms with E-state index in [2.05, 4.69) is 27.7 Å². The summed E-state index contributed by atoms with van der Waals surface area (Å²) in [5.74, 6) is -0.179. The normalized spacial score (nSPS) is 11.7. The molecule has 4 heteroatoms. The van der Waals surface area contributed by atoms with Crippen LogP contribution in [0, 0.1) is 11.8 Å². The zero-order valence-electron chi connectivity index (χ0n) is 35.1. The van der Waals surface area contributed by atoms with Crippen LogP contribution in [0.3, 0.4) is 0 Å². The highest BCUT2D eigenvalue weighted by atomic mass is 16.4. The number of benzene rings is 1. The highest BCUT2D eigenvalue weighted by Crippen LogP contribution is 2.26. The van der Waals surface area contributed by atoms with E-state index in [0.717, 1.165) is 48.6 Å². The molecule has 0 aromatic heterocycles. The van der Waals surface area contributed by atoms with Gasteiger partial charge < -0.3 is 10.2 Å². The fourth-order valence-electron chi connectivity index (χ4n) is 7.97. The second-order valence-electron chi connectivity index (χ2n) is 17.2. The molecule has 0 saturated heterocycles. The van der Waals surface area contributed by atoms with Crippen molar-refractivity contribution in [3.63, 3.8) is 0 Å². The maximum Gasteiger partial charge on any atom is 0.335 e. The van der Waals surface area contributed by atoms with E-state index in [1.54, 1.807) is 0 Å². The highest BCUT2D eigenvalue weighted by Gasteiger charge is 2.20. The van der Waals surface area contributed by atoms with E-state index in [4.69, 9.17) is 0 Å². The molecule has 0 saturated carbocycles. The molecule has 0 aliphatic heterocycles. The summed E-state index contributed by atoms with van der Waals surface area (Å²) in [7, 11) is 0. The Morgan fingerprint density at radius 2 is 0.558 bits per heavy atom. The molecule has 0 fully saturated rings. The van der Waals surface area contributed by atoms with Gasteiger partial charge in [0.15, 0.2) is 0 Å². The molecule has 0 radical (unpaired) electrons. The Kier molecular flexibility index (Phi) is 31.2. The molecule has 0 unspecified atom stereocenters. The smallest absolute Gasteiger partial charge is 0.335 e. The van der Waals surface area contributed by atoms with Crippen LogP contribution in [0.2, 0.25) is 0 Å². The Hall–Kier alpha value is -1.84. The van der Waals surface area contributed by atoms with Crippen molar-refractivity contribution < 1.29 is 19.8 Å². The van der Waals surface area contributed by atoms with Crippen LogP contribution in [0.25, 0.3) is 0 Å². The van der Waals surface area contributed by atoms with Crippen molar-refractivity contribution in [3.05, 3.63) is 34.4 Å². The van der Waals surface area contributed by atoms with Gasteiger partial charge in [-0.1, -0.05) is 220 Å². The predicted molar refractivity (Wildman–Crippen MR) is 225 cm³/mol. The number of hydrogen-bond donors (Lipinski definition) is 2. The molecule has 0 amide bonds. The number of aromatic carboxylic acids is 2. The van der Waals surface area contributed by atoms with Gasteiger partial charge in [0.2, 0.25) is 0 Å². The zero-order valence-corrected chi connectivity index (χ0v) is 35.1. The van der Waals surface area contributed by atoms with Crippen LogP contribution >= 0.6 is 0 Å². The minimum Gasteiger partial charge on any atom is -0.478 e. The van der Waals surface area contributed by atoms with Crippen LogP contribution in [-0.2, 0) is 12.8 Å². The van der Waals surface area contributed by atoms with Crippen molar-refractivity contribution >= 4 is 11.9 Å². The Morgan fingerprint density at radius 1 is 0.365 bits per heavy atom.